The summed E-state index contributed by atoms with van der Waals surface area (Å²) < 4.78 is 27.5. The van der Waals surface area contributed by atoms with Crippen molar-refractivity contribution in [1.29, 1.82) is 0 Å². The van der Waals surface area contributed by atoms with Crippen LogP contribution in [0.3, 0.4) is 0 Å². The molecule has 0 aliphatic rings. The molecule has 1 atom stereocenters. The van der Waals surface area contributed by atoms with E-state index in [-0.39, 0.29) is 29.8 Å². The van der Waals surface area contributed by atoms with Crippen LogP contribution < -0.4 is 10.0 Å². The zero-order valence-corrected chi connectivity index (χ0v) is 16.5. The van der Waals surface area contributed by atoms with Gasteiger partial charge >= 0.3 is 0 Å². The highest BCUT2D eigenvalue weighted by Gasteiger charge is 2.15. The van der Waals surface area contributed by atoms with Gasteiger partial charge in [-0.3, -0.25) is 4.79 Å². The largest absolute Gasteiger partial charge is 0.350 e. The highest BCUT2D eigenvalue weighted by Crippen LogP contribution is 2.17. The molecule has 0 saturated heterocycles. The van der Waals surface area contributed by atoms with Gasteiger partial charge in [0.25, 0.3) is 0 Å². The Labute approximate surface area is 157 Å². The number of hydrogen-bond acceptors (Lipinski definition) is 3. The number of aryl methyl sites for hydroxylation is 1. The number of nitrogens with one attached hydrogen (secondary N) is 2. The number of carbonyl (C=O) groups is 1. The van der Waals surface area contributed by atoms with E-state index < -0.39 is 10.0 Å². The van der Waals surface area contributed by atoms with E-state index in [1.54, 1.807) is 12.1 Å². The number of hydrogen-bond donors (Lipinski definition) is 2. The van der Waals surface area contributed by atoms with Crippen LogP contribution in [0.15, 0.2) is 57.9 Å². The molecule has 134 valence electrons. The molecule has 0 aromatic heterocycles. The van der Waals surface area contributed by atoms with E-state index in [2.05, 4.69) is 26.0 Å². The number of sulfonamides is 1. The van der Waals surface area contributed by atoms with Gasteiger partial charge in [0.05, 0.1) is 10.9 Å². The van der Waals surface area contributed by atoms with Crippen LogP contribution in [0.2, 0.25) is 0 Å². The molecule has 0 bridgehead atoms. The first kappa shape index (κ1) is 19.6. The summed E-state index contributed by atoms with van der Waals surface area (Å²) in [5.74, 6) is -0.201. The maximum absolute atomic E-state index is 12.2. The fourth-order valence-corrected chi connectivity index (χ4v) is 4.11. The minimum Gasteiger partial charge on any atom is -0.350 e. The van der Waals surface area contributed by atoms with Gasteiger partial charge in [0.2, 0.25) is 15.9 Å². The number of halogens is 1. The van der Waals surface area contributed by atoms with Gasteiger partial charge in [-0.05, 0) is 43.2 Å². The molecule has 5 nitrogen and oxygen atoms in total. The number of amides is 1. The van der Waals surface area contributed by atoms with E-state index >= 15 is 0 Å². The van der Waals surface area contributed by atoms with Crippen LogP contribution in [0.5, 0.6) is 0 Å². The molecule has 1 unspecified atom stereocenters. The maximum Gasteiger partial charge on any atom is 0.240 e. The third-order valence-electron chi connectivity index (χ3n) is 3.78. The van der Waals surface area contributed by atoms with Gasteiger partial charge in [0, 0.05) is 17.4 Å². The Bertz CT molecular complexity index is 853. The molecule has 2 N–H and O–H groups in total. The standard InChI is InChI=1S/C18H21BrN2O3S/c1-13-6-3-4-9-17(13)14(2)21-18(22)10-11-20-25(23,24)16-8-5-7-15(19)12-16/h3-9,12,14,20H,10-11H2,1-2H3,(H,21,22). The van der Waals surface area contributed by atoms with Gasteiger partial charge in [-0.2, -0.15) is 0 Å². The van der Waals surface area contributed by atoms with Gasteiger partial charge < -0.3 is 5.32 Å². The molecule has 0 aliphatic carbocycles. The van der Waals surface area contributed by atoms with E-state index in [0.29, 0.717) is 4.47 Å². The molecular formula is C18H21BrN2O3S. The Morgan fingerprint density at radius 1 is 1.16 bits per heavy atom. The SMILES string of the molecule is Cc1ccccc1C(C)NC(=O)CCNS(=O)(=O)c1cccc(Br)c1. The van der Waals surface area contributed by atoms with Crippen molar-refractivity contribution in [2.75, 3.05) is 6.54 Å². The minimum atomic E-state index is -3.63. The summed E-state index contributed by atoms with van der Waals surface area (Å²) in [4.78, 5) is 12.2. The van der Waals surface area contributed by atoms with Crippen molar-refractivity contribution < 1.29 is 13.2 Å². The highest BCUT2D eigenvalue weighted by molar-refractivity contribution is 9.10. The van der Waals surface area contributed by atoms with Gasteiger partial charge in [-0.25, -0.2) is 13.1 Å². The summed E-state index contributed by atoms with van der Waals surface area (Å²) in [5.41, 5.74) is 2.15. The molecule has 1 amide bonds. The van der Waals surface area contributed by atoms with Gasteiger partial charge in [0.1, 0.15) is 0 Å². The van der Waals surface area contributed by atoms with Crippen LogP contribution in [0.4, 0.5) is 0 Å². The fraction of sp³-hybridized carbons (Fsp3) is 0.278. The Kier molecular flexibility index (Phi) is 6.75. The molecule has 2 aromatic rings. The van der Waals surface area contributed by atoms with Gasteiger partial charge in [-0.1, -0.05) is 46.3 Å². The summed E-state index contributed by atoms with van der Waals surface area (Å²) in [6, 6.07) is 14.1. The summed E-state index contributed by atoms with van der Waals surface area (Å²) >= 11 is 3.24. The summed E-state index contributed by atoms with van der Waals surface area (Å²) in [6.45, 7) is 3.94. The predicted octanol–water partition coefficient (Wildman–Crippen LogP) is 3.30. The smallest absolute Gasteiger partial charge is 0.240 e. The Morgan fingerprint density at radius 3 is 2.56 bits per heavy atom. The summed E-state index contributed by atoms with van der Waals surface area (Å²) in [7, 11) is -3.63. The first-order chi connectivity index (χ1) is 11.8. The van der Waals surface area contributed by atoms with Crippen molar-refractivity contribution in [3.63, 3.8) is 0 Å². The van der Waals surface area contributed by atoms with Crippen molar-refractivity contribution in [3.8, 4) is 0 Å². The zero-order chi connectivity index (χ0) is 18.4. The quantitative estimate of drug-likeness (QED) is 0.715. The molecule has 0 fully saturated rings. The lowest BCUT2D eigenvalue weighted by molar-refractivity contribution is -0.121. The first-order valence-corrected chi connectivity index (χ1v) is 10.2. The third kappa shape index (κ3) is 5.66. The van der Waals surface area contributed by atoms with E-state index in [4.69, 9.17) is 0 Å². The maximum atomic E-state index is 12.2. The zero-order valence-electron chi connectivity index (χ0n) is 14.1. The van der Waals surface area contributed by atoms with Gasteiger partial charge in [0.15, 0.2) is 0 Å². The average Bonchev–Trinajstić information content (AvgIpc) is 2.55. The van der Waals surface area contributed by atoms with Crippen LogP contribution in [0, 0.1) is 6.92 Å². The molecule has 0 spiro atoms. The lowest BCUT2D eigenvalue weighted by Gasteiger charge is -2.16. The summed E-state index contributed by atoms with van der Waals surface area (Å²) in [6.07, 6.45) is 0.0729. The lowest BCUT2D eigenvalue weighted by Crippen LogP contribution is -2.32. The number of rotatable bonds is 7. The van der Waals surface area contributed by atoms with Crippen molar-refractivity contribution in [3.05, 3.63) is 64.1 Å². The minimum absolute atomic E-state index is 0.0428. The van der Waals surface area contributed by atoms with Crippen molar-refractivity contribution in [2.45, 2.75) is 31.2 Å². The monoisotopic (exact) mass is 424 g/mol. The summed E-state index contributed by atoms with van der Waals surface area (Å²) in [5, 5.41) is 2.89. The molecule has 0 radical (unpaired) electrons. The second-order valence-electron chi connectivity index (χ2n) is 5.75. The van der Waals surface area contributed by atoms with E-state index in [1.807, 2.05) is 38.1 Å². The van der Waals surface area contributed by atoms with Crippen LogP contribution in [0.1, 0.15) is 30.5 Å². The Hall–Kier alpha value is -1.70. The Morgan fingerprint density at radius 2 is 1.88 bits per heavy atom. The van der Waals surface area contributed by atoms with Gasteiger partial charge in [-0.15, -0.1) is 0 Å². The van der Waals surface area contributed by atoms with Crippen LogP contribution >= 0.6 is 15.9 Å². The second kappa shape index (κ2) is 8.60. The lowest BCUT2D eigenvalue weighted by atomic mass is 10.0. The van der Waals surface area contributed by atoms with Crippen molar-refractivity contribution in [1.82, 2.24) is 10.0 Å². The van der Waals surface area contributed by atoms with Crippen LogP contribution in [0.25, 0.3) is 0 Å². The second-order valence-corrected chi connectivity index (χ2v) is 8.43. The topological polar surface area (TPSA) is 75.3 Å². The molecule has 2 rings (SSSR count). The molecular weight excluding hydrogens is 404 g/mol. The molecule has 7 heteroatoms. The molecule has 25 heavy (non-hydrogen) atoms. The molecule has 2 aromatic carbocycles. The molecule has 0 saturated carbocycles. The van der Waals surface area contributed by atoms with Crippen LogP contribution in [-0.2, 0) is 14.8 Å². The van der Waals surface area contributed by atoms with E-state index in [0.717, 1.165) is 11.1 Å². The number of benzene rings is 2. The van der Waals surface area contributed by atoms with Crippen LogP contribution in [-0.4, -0.2) is 20.9 Å². The Balaban J connectivity index is 1.87. The number of carbonyl (C=O) groups excluding carboxylic acids is 1. The molecule has 0 aliphatic heterocycles. The average molecular weight is 425 g/mol. The third-order valence-corrected chi connectivity index (χ3v) is 5.73. The van der Waals surface area contributed by atoms with E-state index in [1.165, 1.54) is 12.1 Å². The van der Waals surface area contributed by atoms with Crippen molar-refractivity contribution in [2.24, 2.45) is 0 Å². The van der Waals surface area contributed by atoms with E-state index in [9.17, 15) is 13.2 Å². The molecule has 0 heterocycles. The van der Waals surface area contributed by atoms with Crippen molar-refractivity contribution >= 4 is 31.9 Å². The highest BCUT2D eigenvalue weighted by atomic mass is 79.9. The fourth-order valence-electron chi connectivity index (χ4n) is 2.48. The predicted molar refractivity (Wildman–Crippen MR) is 102 cm³/mol. The normalized spacial score (nSPS) is 12.6. The first-order valence-electron chi connectivity index (χ1n) is 7.90.